The Morgan fingerprint density at radius 1 is 1.31 bits per heavy atom. The normalized spacial score (nSPS) is 16.6. The van der Waals surface area contributed by atoms with Gasteiger partial charge in [0.15, 0.2) is 0 Å². The number of hydrogen-bond donors (Lipinski definition) is 0. The molecule has 1 heterocycles. The van der Waals surface area contributed by atoms with Crippen molar-refractivity contribution in [1.29, 1.82) is 5.26 Å². The Bertz CT molecular complexity index is 915. The zero-order valence-electron chi connectivity index (χ0n) is 18.8. The minimum atomic E-state index is -0.608. The van der Waals surface area contributed by atoms with E-state index in [0.29, 0.717) is 36.2 Å². The molecule has 0 aliphatic carbocycles. The van der Waals surface area contributed by atoms with E-state index < -0.39 is 5.54 Å². The minimum absolute atomic E-state index is 0.0198. The predicted octanol–water partition coefficient (Wildman–Crippen LogP) is 5.11. The van der Waals surface area contributed by atoms with Gasteiger partial charge in [0.25, 0.3) is 0 Å². The number of rotatable bonds is 12. The van der Waals surface area contributed by atoms with E-state index in [0.717, 1.165) is 25.8 Å². The van der Waals surface area contributed by atoms with Crippen molar-refractivity contribution in [1.82, 2.24) is 4.90 Å². The van der Waals surface area contributed by atoms with E-state index in [4.69, 9.17) is 21.6 Å². The second-order valence-electron chi connectivity index (χ2n) is 7.87. The quantitative estimate of drug-likeness (QED) is 0.250. The molecule has 1 aromatic rings. The highest BCUT2D eigenvalue weighted by atomic mass is 35.5. The van der Waals surface area contributed by atoms with Gasteiger partial charge >= 0.3 is 0 Å². The lowest BCUT2D eigenvalue weighted by Crippen LogP contribution is -2.44. The molecule has 0 spiro atoms. The van der Waals surface area contributed by atoms with E-state index in [-0.39, 0.29) is 5.91 Å². The number of hydrogen-bond acceptors (Lipinski definition) is 5. The highest BCUT2D eigenvalue weighted by Gasteiger charge is 2.45. The summed E-state index contributed by atoms with van der Waals surface area (Å²) in [6.07, 6.45) is 13.9. The third-order valence-corrected chi connectivity index (χ3v) is 5.55. The monoisotopic (exact) mass is 454 g/mol. The molecule has 7 heteroatoms. The Balaban J connectivity index is 1.73. The molecule has 1 aromatic carbocycles. The van der Waals surface area contributed by atoms with Crippen LogP contribution in [0, 0.1) is 11.3 Å². The first kappa shape index (κ1) is 25.5. The first-order valence-electron chi connectivity index (χ1n) is 10.7. The number of carbonyl (C=O) groups excluding carboxylic acids is 1. The molecule has 32 heavy (non-hydrogen) atoms. The zero-order chi connectivity index (χ0) is 23.4. The molecule has 2 rings (SSSR count). The van der Waals surface area contributed by atoms with Crippen molar-refractivity contribution in [2.45, 2.75) is 38.6 Å². The number of halogens is 1. The van der Waals surface area contributed by atoms with Crippen LogP contribution in [0.2, 0.25) is 5.02 Å². The Labute approximate surface area is 196 Å². The van der Waals surface area contributed by atoms with Crippen molar-refractivity contribution < 1.29 is 9.53 Å². The highest BCUT2D eigenvalue weighted by molar-refractivity contribution is 6.32. The smallest absolute Gasteiger partial charge is 0.248 e. The second-order valence-corrected chi connectivity index (χ2v) is 8.28. The number of unbranched alkanes of at least 4 members (excludes halogenated alkanes) is 1. The molecule has 6 nitrogen and oxygen atoms in total. The van der Waals surface area contributed by atoms with E-state index in [1.165, 1.54) is 0 Å². The van der Waals surface area contributed by atoms with Crippen LogP contribution in [0.3, 0.4) is 0 Å². The van der Waals surface area contributed by atoms with Crippen LogP contribution < -0.4 is 4.90 Å². The number of carbonyl (C=O) groups is 1. The lowest BCUT2D eigenvalue weighted by molar-refractivity contribution is -0.123. The first-order valence-corrected chi connectivity index (χ1v) is 11.1. The average Bonchev–Trinajstić information content (AvgIpc) is 3.00. The average molecular weight is 455 g/mol. The van der Waals surface area contributed by atoms with E-state index in [9.17, 15) is 4.79 Å². The van der Waals surface area contributed by atoms with Gasteiger partial charge in [-0.15, -0.1) is 0 Å². The predicted molar refractivity (Wildman–Crippen MR) is 131 cm³/mol. The Hall–Kier alpha value is -2.72. The molecule has 1 saturated heterocycles. The second kappa shape index (κ2) is 13.0. The van der Waals surface area contributed by atoms with Crippen LogP contribution in [0.1, 0.15) is 38.7 Å². The molecule has 0 N–H and O–H groups in total. The summed E-state index contributed by atoms with van der Waals surface area (Å²) in [5, 5.41) is 9.41. The summed E-state index contributed by atoms with van der Waals surface area (Å²) in [6.45, 7) is 9.87. The molecule has 0 saturated carbocycles. The van der Waals surface area contributed by atoms with Crippen LogP contribution in [-0.2, 0) is 9.53 Å². The van der Waals surface area contributed by atoms with E-state index in [1.54, 1.807) is 41.6 Å². The van der Waals surface area contributed by atoms with Gasteiger partial charge in [0.1, 0.15) is 6.07 Å². The van der Waals surface area contributed by atoms with Crippen LogP contribution in [0.15, 0.2) is 60.3 Å². The molecule has 0 radical (unpaired) electrons. The number of nitrogens with zero attached hydrogens (tertiary/aromatic N) is 4. The van der Waals surface area contributed by atoms with Crippen molar-refractivity contribution in [2.75, 3.05) is 31.3 Å². The largest absolute Gasteiger partial charge is 0.377 e. The fourth-order valence-corrected chi connectivity index (χ4v) is 3.54. The number of anilines is 1. The van der Waals surface area contributed by atoms with Crippen LogP contribution in [-0.4, -0.2) is 49.0 Å². The fraction of sp³-hybridized carbons (Fsp3) is 0.400. The van der Waals surface area contributed by atoms with Gasteiger partial charge in [0, 0.05) is 31.3 Å². The highest BCUT2D eigenvalue weighted by Crippen LogP contribution is 2.32. The minimum Gasteiger partial charge on any atom is -0.377 e. The maximum absolute atomic E-state index is 13.0. The summed E-state index contributed by atoms with van der Waals surface area (Å²) >= 11 is 6.15. The molecule has 1 fully saturated rings. The Kier molecular flexibility index (Phi) is 10.4. The molecule has 1 amide bonds. The number of ether oxygens (including phenoxy) is 1. The van der Waals surface area contributed by atoms with Crippen molar-refractivity contribution in [2.24, 2.45) is 4.99 Å². The van der Waals surface area contributed by atoms with Crippen molar-refractivity contribution in [3.8, 4) is 6.07 Å². The summed E-state index contributed by atoms with van der Waals surface area (Å²) in [5.41, 5.74) is 0.501. The number of nitriles is 1. The zero-order valence-corrected chi connectivity index (χ0v) is 19.6. The summed E-state index contributed by atoms with van der Waals surface area (Å²) in [4.78, 5) is 20.8. The number of amides is 1. The molecule has 1 aliphatic rings. The Morgan fingerprint density at radius 3 is 2.81 bits per heavy atom. The van der Waals surface area contributed by atoms with Crippen LogP contribution in [0.4, 0.5) is 5.69 Å². The molecule has 0 unspecified atom stereocenters. The summed E-state index contributed by atoms with van der Waals surface area (Å²) in [5.74, 6) is 0.0198. The number of allylic oxidation sites excluding steroid dienone is 3. The topological polar surface area (TPSA) is 68.9 Å². The third-order valence-electron chi connectivity index (χ3n) is 5.24. The maximum atomic E-state index is 13.0. The van der Waals surface area contributed by atoms with Crippen molar-refractivity contribution >= 4 is 29.4 Å². The molecular weight excluding hydrogens is 424 g/mol. The number of aliphatic imine (C=N–C) groups is 1. The lowest BCUT2D eigenvalue weighted by atomic mass is 10.0. The van der Waals surface area contributed by atoms with Gasteiger partial charge in [-0.25, -0.2) is 0 Å². The van der Waals surface area contributed by atoms with E-state index in [2.05, 4.69) is 22.5 Å². The maximum Gasteiger partial charge on any atom is 0.248 e. The van der Waals surface area contributed by atoms with Crippen LogP contribution in [0.25, 0.3) is 0 Å². The van der Waals surface area contributed by atoms with Gasteiger partial charge in [0.05, 0.1) is 29.4 Å². The van der Waals surface area contributed by atoms with Crippen LogP contribution >= 0.6 is 11.6 Å². The van der Waals surface area contributed by atoms with Crippen LogP contribution in [0.5, 0.6) is 0 Å². The summed E-state index contributed by atoms with van der Waals surface area (Å²) in [7, 11) is 0. The van der Waals surface area contributed by atoms with E-state index in [1.807, 2.05) is 32.1 Å². The van der Waals surface area contributed by atoms with Gasteiger partial charge in [-0.05, 0) is 51.3 Å². The fourth-order valence-electron chi connectivity index (χ4n) is 3.32. The molecule has 0 bridgehead atoms. The molecule has 170 valence electrons. The molecule has 0 aromatic heterocycles. The molecule has 0 atom stereocenters. The van der Waals surface area contributed by atoms with E-state index >= 15 is 0 Å². The van der Waals surface area contributed by atoms with Gasteiger partial charge in [0.2, 0.25) is 5.91 Å². The van der Waals surface area contributed by atoms with Gasteiger partial charge in [-0.2, -0.15) is 5.26 Å². The van der Waals surface area contributed by atoms with Crippen molar-refractivity contribution in [3.63, 3.8) is 0 Å². The van der Waals surface area contributed by atoms with Gasteiger partial charge in [-0.1, -0.05) is 42.5 Å². The number of benzene rings is 1. The van der Waals surface area contributed by atoms with Gasteiger partial charge < -0.3 is 4.74 Å². The molecule has 1 aliphatic heterocycles. The molecular formula is C25H31ClN4O2. The Morgan fingerprint density at radius 2 is 2.09 bits per heavy atom. The van der Waals surface area contributed by atoms with Gasteiger partial charge in [-0.3, -0.25) is 19.6 Å². The lowest BCUT2D eigenvalue weighted by Gasteiger charge is -2.27. The SMILES string of the molecule is C=CC=N/C=C\CC/C=C\COCCCN1CN(c2ccc(C#N)c(Cl)c2)C(=O)C1(C)C. The van der Waals surface area contributed by atoms with Crippen molar-refractivity contribution in [3.05, 3.63) is 65.9 Å². The standard InChI is InChI=1S/C25H31ClN4O2/c1-4-13-28-14-8-6-5-7-9-16-32-17-10-15-29-20-30(24(31)25(29,2)3)22-12-11-21(19-27)23(26)18-22/h4,7-9,11-14,18H,1,5-6,10,15-17,20H2,2-3H3/b9-7-,14-8-,28-13?. The third kappa shape index (κ3) is 7.16. The summed E-state index contributed by atoms with van der Waals surface area (Å²) < 4.78 is 5.69. The summed E-state index contributed by atoms with van der Waals surface area (Å²) in [6, 6.07) is 7.13. The first-order chi connectivity index (χ1) is 15.4.